The van der Waals surface area contributed by atoms with E-state index < -0.39 is 0 Å². The Morgan fingerprint density at radius 1 is 1.10 bits per heavy atom. The first-order valence-electron chi connectivity index (χ1n) is 6.24. The molecule has 9 heteroatoms. The maximum absolute atomic E-state index is 8.94. The summed E-state index contributed by atoms with van der Waals surface area (Å²) in [5.41, 5.74) is 5.39. The van der Waals surface area contributed by atoms with Crippen LogP contribution in [0.1, 0.15) is 0 Å². The van der Waals surface area contributed by atoms with Crippen LogP contribution in [-0.4, -0.2) is 67.7 Å². The van der Waals surface area contributed by atoms with Gasteiger partial charge in [0.2, 0.25) is 0 Å². The summed E-state index contributed by atoms with van der Waals surface area (Å²) < 4.78 is 0. The van der Waals surface area contributed by atoms with Crippen molar-refractivity contribution < 1.29 is 5.11 Å². The number of hydrogen-bond donors (Lipinski definition) is 5. The van der Waals surface area contributed by atoms with Crippen molar-refractivity contribution in [2.75, 3.05) is 46.9 Å². The maximum Gasteiger partial charge on any atom is 0.151 e. The number of nitrogens with one attached hydrogen (secondary N) is 1. The van der Waals surface area contributed by atoms with Crippen molar-refractivity contribution in [2.45, 2.75) is 10.5 Å². The van der Waals surface area contributed by atoms with Crippen LogP contribution in [-0.2, 0) is 0 Å². The second-order valence-corrected chi connectivity index (χ2v) is 9.59. The van der Waals surface area contributed by atoms with Crippen LogP contribution in [0.2, 0.25) is 0 Å². The molecule has 0 rings (SSSR count). The summed E-state index contributed by atoms with van der Waals surface area (Å²) in [6.07, 6.45) is 0. The van der Waals surface area contributed by atoms with Gasteiger partial charge in [-0.15, -0.1) is 0 Å². The minimum Gasteiger partial charge on any atom is -0.396 e. The SMILES string of the molecule is N=C(N)SCC(CSC(CS)CSCCS)SCCO. The Hall–Kier alpha value is 1.53. The Labute approximate surface area is 150 Å². The molecule has 120 valence electrons. The number of aliphatic hydroxyl groups is 1. The fourth-order valence-electron chi connectivity index (χ4n) is 1.22. The number of amidine groups is 1. The average Bonchev–Trinajstić information content (AvgIpc) is 2.44. The lowest BCUT2D eigenvalue weighted by atomic mass is 10.5. The number of rotatable bonds is 13. The summed E-state index contributed by atoms with van der Waals surface area (Å²) in [7, 11) is 0. The van der Waals surface area contributed by atoms with Gasteiger partial charge in [0.25, 0.3) is 0 Å². The van der Waals surface area contributed by atoms with Crippen molar-refractivity contribution in [1.82, 2.24) is 0 Å². The Morgan fingerprint density at radius 2 is 1.85 bits per heavy atom. The smallest absolute Gasteiger partial charge is 0.151 e. The number of thioether (sulfide) groups is 4. The number of aliphatic hydroxyl groups excluding tert-OH is 1. The predicted octanol–water partition coefficient (Wildman–Crippen LogP) is 2.40. The summed E-state index contributed by atoms with van der Waals surface area (Å²) in [4.78, 5) is 0. The highest BCUT2D eigenvalue weighted by Gasteiger charge is 2.14. The molecule has 0 aromatic rings. The molecule has 0 bridgehead atoms. The monoisotopic (exact) mass is 392 g/mol. The highest BCUT2D eigenvalue weighted by Crippen LogP contribution is 2.25. The van der Waals surface area contributed by atoms with Crippen LogP contribution in [0.3, 0.4) is 0 Å². The molecule has 0 fully saturated rings. The Balaban J connectivity index is 4.01. The van der Waals surface area contributed by atoms with Crippen molar-refractivity contribution in [3.05, 3.63) is 0 Å². The molecule has 0 aliphatic rings. The molecular formula is C11H24N2OS6. The van der Waals surface area contributed by atoms with E-state index >= 15 is 0 Å². The van der Waals surface area contributed by atoms with E-state index in [4.69, 9.17) is 16.2 Å². The lowest BCUT2D eigenvalue weighted by Gasteiger charge is -2.19. The van der Waals surface area contributed by atoms with Gasteiger partial charge in [-0.05, 0) is 5.75 Å². The lowest BCUT2D eigenvalue weighted by molar-refractivity contribution is 0.322. The molecule has 0 aromatic carbocycles. The number of hydrogen-bond acceptors (Lipinski definition) is 8. The van der Waals surface area contributed by atoms with E-state index in [0.717, 1.165) is 40.3 Å². The van der Waals surface area contributed by atoms with Gasteiger partial charge in [-0.3, -0.25) is 5.41 Å². The van der Waals surface area contributed by atoms with Crippen LogP contribution in [0.25, 0.3) is 0 Å². The van der Waals surface area contributed by atoms with Gasteiger partial charge in [0.1, 0.15) is 0 Å². The molecule has 0 aliphatic carbocycles. The molecule has 2 unspecified atom stereocenters. The van der Waals surface area contributed by atoms with Crippen molar-refractivity contribution in [1.29, 1.82) is 5.41 Å². The van der Waals surface area contributed by atoms with E-state index in [9.17, 15) is 0 Å². The van der Waals surface area contributed by atoms with Gasteiger partial charge in [0.05, 0.1) is 6.61 Å². The largest absolute Gasteiger partial charge is 0.396 e. The molecule has 0 spiro atoms. The first kappa shape index (κ1) is 21.5. The van der Waals surface area contributed by atoms with E-state index in [-0.39, 0.29) is 11.8 Å². The fourth-order valence-corrected chi connectivity index (χ4v) is 6.57. The van der Waals surface area contributed by atoms with Gasteiger partial charge >= 0.3 is 0 Å². The molecule has 0 aromatic heterocycles. The van der Waals surface area contributed by atoms with Crippen LogP contribution < -0.4 is 5.73 Å². The zero-order chi connectivity index (χ0) is 15.2. The second kappa shape index (κ2) is 15.4. The summed E-state index contributed by atoms with van der Waals surface area (Å²) >= 11 is 15.6. The first-order chi connectivity index (χ1) is 9.63. The molecule has 2 atom stereocenters. The standard InChI is InChI=1S/C11H24N2OS6/c12-11(13)20-8-10(18-3-1-14)7-19-9(5-16)6-17-4-2-15/h9-10,14-16H,1-8H2,(H3,12,13). The summed E-state index contributed by atoms with van der Waals surface area (Å²) in [6.45, 7) is 0.199. The number of nitrogens with two attached hydrogens (primary N) is 1. The summed E-state index contributed by atoms with van der Waals surface area (Å²) in [6, 6.07) is 0. The highest BCUT2D eigenvalue weighted by atomic mass is 32.2. The minimum atomic E-state index is 0.166. The third kappa shape index (κ3) is 13.2. The van der Waals surface area contributed by atoms with Gasteiger partial charge in [0.15, 0.2) is 5.17 Å². The molecule has 0 saturated heterocycles. The summed E-state index contributed by atoms with van der Waals surface area (Å²) in [5, 5.41) is 17.3. The lowest BCUT2D eigenvalue weighted by Crippen LogP contribution is -2.19. The van der Waals surface area contributed by atoms with Crippen LogP contribution in [0.4, 0.5) is 0 Å². The molecule has 0 aliphatic heterocycles. The normalized spacial score (nSPS) is 14.2. The molecule has 0 saturated carbocycles. The Kier molecular flexibility index (Phi) is 16.6. The number of thiol groups is 2. The van der Waals surface area contributed by atoms with E-state index in [1.54, 1.807) is 11.8 Å². The van der Waals surface area contributed by atoms with Gasteiger partial charge in [0, 0.05) is 45.0 Å². The van der Waals surface area contributed by atoms with E-state index in [1.807, 2.05) is 23.5 Å². The van der Waals surface area contributed by atoms with Crippen molar-refractivity contribution in [2.24, 2.45) is 5.73 Å². The molecule has 20 heavy (non-hydrogen) atoms. The summed E-state index contributed by atoms with van der Waals surface area (Å²) in [5.74, 6) is 6.56. The van der Waals surface area contributed by atoms with Gasteiger partial charge in [-0.2, -0.15) is 60.5 Å². The average molecular weight is 393 g/mol. The van der Waals surface area contributed by atoms with Crippen LogP contribution in [0.5, 0.6) is 0 Å². The van der Waals surface area contributed by atoms with Crippen molar-refractivity contribution >= 4 is 77.5 Å². The molecule has 0 heterocycles. The quantitative estimate of drug-likeness (QED) is 0.143. The first-order valence-corrected chi connectivity index (χ1v) is 11.7. The zero-order valence-corrected chi connectivity index (χ0v) is 16.4. The maximum atomic E-state index is 8.94. The third-order valence-corrected chi connectivity index (χ3v) is 8.61. The molecule has 0 radical (unpaired) electrons. The van der Waals surface area contributed by atoms with Gasteiger partial charge < -0.3 is 10.8 Å². The van der Waals surface area contributed by atoms with E-state index in [1.165, 1.54) is 11.8 Å². The van der Waals surface area contributed by atoms with Crippen molar-refractivity contribution in [3.63, 3.8) is 0 Å². The second-order valence-electron chi connectivity index (χ2n) is 3.83. The fraction of sp³-hybridized carbons (Fsp3) is 0.909. The third-order valence-electron chi connectivity index (χ3n) is 2.13. The molecule has 4 N–H and O–H groups in total. The van der Waals surface area contributed by atoms with Gasteiger partial charge in [-0.25, -0.2) is 0 Å². The molecule has 3 nitrogen and oxygen atoms in total. The predicted molar refractivity (Wildman–Crippen MR) is 109 cm³/mol. The molecular weight excluding hydrogens is 369 g/mol. The van der Waals surface area contributed by atoms with Crippen molar-refractivity contribution in [3.8, 4) is 0 Å². The van der Waals surface area contributed by atoms with Crippen LogP contribution in [0, 0.1) is 5.41 Å². The minimum absolute atomic E-state index is 0.166. The Morgan fingerprint density at radius 3 is 2.40 bits per heavy atom. The van der Waals surface area contributed by atoms with E-state index in [2.05, 4.69) is 25.3 Å². The zero-order valence-electron chi connectivity index (χ0n) is 11.4. The highest BCUT2D eigenvalue weighted by molar-refractivity contribution is 8.14. The van der Waals surface area contributed by atoms with Crippen LogP contribution in [0.15, 0.2) is 0 Å². The Bertz CT molecular complexity index is 247. The van der Waals surface area contributed by atoms with E-state index in [0.29, 0.717) is 10.5 Å². The van der Waals surface area contributed by atoms with Gasteiger partial charge in [-0.1, -0.05) is 11.8 Å². The van der Waals surface area contributed by atoms with Crippen LogP contribution >= 0.6 is 72.3 Å². The topological polar surface area (TPSA) is 70.1 Å². The molecule has 0 amide bonds.